The van der Waals surface area contributed by atoms with Gasteiger partial charge in [0.15, 0.2) is 12.2 Å². The van der Waals surface area contributed by atoms with Crippen LogP contribution in [-0.2, 0) is 22.0 Å². The Bertz CT molecular complexity index is 1610. The summed E-state index contributed by atoms with van der Waals surface area (Å²) in [5.41, 5.74) is 6.09. The highest BCUT2D eigenvalue weighted by atomic mass is 32.2. The zero-order valence-corrected chi connectivity index (χ0v) is 22.5. The Morgan fingerprint density at radius 1 is 1.03 bits per heavy atom. The van der Waals surface area contributed by atoms with Crippen LogP contribution in [-0.4, -0.2) is 33.0 Å². The molecule has 0 unspecified atom stereocenters. The summed E-state index contributed by atoms with van der Waals surface area (Å²) in [5.74, 6) is 0.722. The molecule has 2 heterocycles. The summed E-state index contributed by atoms with van der Waals surface area (Å²) in [5, 5.41) is 3.04. The minimum absolute atomic E-state index is 0.0486. The molecule has 1 aliphatic carbocycles. The van der Waals surface area contributed by atoms with Crippen molar-refractivity contribution in [1.29, 1.82) is 0 Å². The second kappa shape index (κ2) is 9.98. The first kappa shape index (κ1) is 25.3. The Kier molecular flexibility index (Phi) is 6.48. The molecule has 1 saturated carbocycles. The molecule has 1 aromatic heterocycles. The van der Waals surface area contributed by atoms with Crippen molar-refractivity contribution < 1.29 is 17.6 Å². The van der Waals surface area contributed by atoms with Crippen LogP contribution < -0.4 is 14.9 Å². The molecule has 1 aliphatic heterocycles. The van der Waals surface area contributed by atoms with Crippen molar-refractivity contribution in [3.8, 4) is 22.5 Å². The van der Waals surface area contributed by atoms with Crippen molar-refractivity contribution >= 4 is 21.7 Å². The van der Waals surface area contributed by atoms with E-state index in [-0.39, 0.29) is 16.3 Å². The van der Waals surface area contributed by atoms with Gasteiger partial charge in [-0.3, -0.25) is 4.90 Å². The number of amides is 2. The minimum atomic E-state index is -3.50. The van der Waals surface area contributed by atoms with Gasteiger partial charge in [0.2, 0.25) is 10.0 Å². The molecule has 39 heavy (non-hydrogen) atoms. The van der Waals surface area contributed by atoms with Gasteiger partial charge in [0.1, 0.15) is 0 Å². The maximum absolute atomic E-state index is 13.4. The Hall–Kier alpha value is -3.95. The maximum Gasteiger partial charge on any atom is 0.322 e. The Balaban J connectivity index is 1.27. The summed E-state index contributed by atoms with van der Waals surface area (Å²) in [6.45, 7) is 0.959. The number of carbonyl (C=O) groups excluding carboxylic acids is 1. The second-order valence-corrected chi connectivity index (χ2v) is 12.1. The van der Waals surface area contributed by atoms with E-state index < -0.39 is 10.0 Å². The highest BCUT2D eigenvalue weighted by Crippen LogP contribution is 2.51. The average Bonchev–Trinajstić information content (AvgIpc) is 3.74. The maximum atomic E-state index is 13.4. The van der Waals surface area contributed by atoms with E-state index in [1.807, 2.05) is 23.1 Å². The number of benzene rings is 3. The molecule has 1 spiro atoms. The van der Waals surface area contributed by atoms with Crippen molar-refractivity contribution in [2.75, 3.05) is 18.5 Å². The van der Waals surface area contributed by atoms with Crippen molar-refractivity contribution in [3.63, 3.8) is 0 Å². The minimum Gasteiger partial charge on any atom is -0.443 e. The number of hydrogen-bond donors (Lipinski definition) is 2. The second-order valence-electron chi connectivity index (χ2n) is 10.2. The van der Waals surface area contributed by atoms with Crippen LogP contribution in [0, 0.1) is 0 Å². The molecule has 200 valence electrons. The van der Waals surface area contributed by atoms with Gasteiger partial charge >= 0.3 is 6.03 Å². The molecule has 2 amide bonds. The third kappa shape index (κ3) is 4.62. The van der Waals surface area contributed by atoms with Crippen molar-refractivity contribution in [2.45, 2.75) is 42.5 Å². The molecule has 2 aliphatic rings. The fourth-order valence-corrected chi connectivity index (χ4v) is 6.70. The first-order valence-corrected chi connectivity index (χ1v) is 14.6. The molecule has 2 N–H and O–H groups in total. The highest BCUT2D eigenvalue weighted by molar-refractivity contribution is 7.89. The summed E-state index contributed by atoms with van der Waals surface area (Å²) < 4.78 is 31.9. The van der Waals surface area contributed by atoms with Gasteiger partial charge in [0.05, 0.1) is 11.1 Å². The molecule has 4 aromatic rings. The summed E-state index contributed by atoms with van der Waals surface area (Å²) in [6.07, 6.45) is 7.57. The summed E-state index contributed by atoms with van der Waals surface area (Å²) in [7, 11) is -2.12. The van der Waals surface area contributed by atoms with Gasteiger partial charge in [-0.15, -0.1) is 0 Å². The average molecular weight is 543 g/mol. The number of hydrogen-bond acceptors (Lipinski definition) is 5. The number of nitrogens with one attached hydrogen (secondary N) is 2. The monoisotopic (exact) mass is 542 g/mol. The van der Waals surface area contributed by atoms with Gasteiger partial charge in [-0.25, -0.2) is 22.9 Å². The van der Waals surface area contributed by atoms with Gasteiger partial charge in [-0.2, -0.15) is 0 Å². The molecule has 0 atom stereocenters. The smallest absolute Gasteiger partial charge is 0.322 e. The zero-order chi connectivity index (χ0) is 27.0. The number of sulfonamides is 1. The summed E-state index contributed by atoms with van der Waals surface area (Å²) in [6, 6.07) is 20.9. The van der Waals surface area contributed by atoms with E-state index in [1.54, 1.807) is 30.5 Å². The van der Waals surface area contributed by atoms with E-state index in [4.69, 9.17) is 4.42 Å². The molecule has 6 rings (SSSR count). The van der Waals surface area contributed by atoms with Crippen LogP contribution in [0.3, 0.4) is 0 Å². The van der Waals surface area contributed by atoms with Gasteiger partial charge in [-0.05, 0) is 66.4 Å². The van der Waals surface area contributed by atoms with Crippen molar-refractivity contribution in [1.82, 2.24) is 15.0 Å². The predicted molar refractivity (Wildman–Crippen MR) is 150 cm³/mol. The van der Waals surface area contributed by atoms with E-state index in [0.717, 1.165) is 59.4 Å². The van der Waals surface area contributed by atoms with E-state index in [0.29, 0.717) is 13.1 Å². The fourth-order valence-electron chi connectivity index (χ4n) is 5.97. The number of urea groups is 1. The lowest BCUT2D eigenvalue weighted by Gasteiger charge is -2.25. The van der Waals surface area contributed by atoms with Gasteiger partial charge in [0, 0.05) is 29.8 Å². The number of anilines is 1. The summed E-state index contributed by atoms with van der Waals surface area (Å²) >= 11 is 0. The molecule has 9 heteroatoms. The SMILES string of the molecule is CNS(=O)(=O)c1ccc(CNC(=O)N2CC3(CCCC3)c3cc(-c4ccccc4-c4cnco4)ccc32)cc1. The Morgan fingerprint density at radius 3 is 2.46 bits per heavy atom. The molecular weight excluding hydrogens is 512 g/mol. The number of rotatable bonds is 6. The largest absolute Gasteiger partial charge is 0.443 e. The van der Waals surface area contributed by atoms with Crippen LogP contribution in [0.4, 0.5) is 10.5 Å². The van der Waals surface area contributed by atoms with Gasteiger partial charge in [0.25, 0.3) is 0 Å². The van der Waals surface area contributed by atoms with Crippen LogP contribution >= 0.6 is 0 Å². The molecule has 0 saturated heterocycles. The lowest BCUT2D eigenvalue weighted by molar-refractivity contribution is 0.245. The van der Waals surface area contributed by atoms with E-state index in [2.05, 4.69) is 39.3 Å². The number of aromatic nitrogens is 1. The van der Waals surface area contributed by atoms with Crippen LogP contribution in [0.5, 0.6) is 0 Å². The third-order valence-electron chi connectivity index (χ3n) is 8.01. The third-order valence-corrected chi connectivity index (χ3v) is 9.44. The fraction of sp³-hybridized carbons (Fsp3) is 0.267. The lowest BCUT2D eigenvalue weighted by Crippen LogP contribution is -2.41. The zero-order valence-electron chi connectivity index (χ0n) is 21.7. The van der Waals surface area contributed by atoms with Crippen LogP contribution in [0.15, 0.2) is 88.6 Å². The molecule has 1 fully saturated rings. The molecule has 0 bridgehead atoms. The van der Waals surface area contributed by atoms with Crippen LogP contribution in [0.1, 0.15) is 36.8 Å². The first-order valence-electron chi connectivity index (χ1n) is 13.1. The first-order chi connectivity index (χ1) is 18.9. The molecule has 8 nitrogen and oxygen atoms in total. The number of carbonyl (C=O) groups is 1. The standard InChI is InChI=1S/C30H30N4O4S/c1-31-39(36,37)23-11-8-21(9-12-23)17-33-29(35)34-19-30(14-4-5-15-30)26-16-22(10-13-27(26)34)24-6-2-3-7-25(24)28-18-32-20-38-28/h2-3,6-13,16,18,20,31H,4-5,14-15,17,19H2,1H3,(H,33,35). The normalized spacial score (nSPS) is 16.0. The quantitative estimate of drug-likeness (QED) is 0.337. The lowest BCUT2D eigenvalue weighted by atomic mass is 9.79. The topological polar surface area (TPSA) is 105 Å². The van der Waals surface area contributed by atoms with Crippen molar-refractivity contribution in [2.24, 2.45) is 0 Å². The number of fused-ring (bicyclic) bond motifs is 2. The van der Waals surface area contributed by atoms with Crippen LogP contribution in [0.2, 0.25) is 0 Å². The Morgan fingerprint density at radius 2 is 1.77 bits per heavy atom. The van der Waals surface area contributed by atoms with E-state index in [1.165, 1.54) is 19.0 Å². The molecule has 3 aromatic carbocycles. The van der Waals surface area contributed by atoms with Crippen LogP contribution in [0.25, 0.3) is 22.5 Å². The van der Waals surface area contributed by atoms with Crippen molar-refractivity contribution in [3.05, 3.63) is 90.4 Å². The predicted octanol–water partition coefficient (Wildman–Crippen LogP) is 5.46. The van der Waals surface area contributed by atoms with E-state index in [9.17, 15) is 13.2 Å². The number of nitrogens with zero attached hydrogens (tertiary/aromatic N) is 2. The van der Waals surface area contributed by atoms with E-state index >= 15 is 0 Å². The Labute approximate surface area is 228 Å². The number of oxazole rings is 1. The molecule has 0 radical (unpaired) electrons. The van der Waals surface area contributed by atoms with Gasteiger partial charge in [-0.1, -0.05) is 55.3 Å². The summed E-state index contributed by atoms with van der Waals surface area (Å²) in [4.78, 5) is 19.6. The highest BCUT2D eigenvalue weighted by Gasteiger charge is 2.46. The van der Waals surface area contributed by atoms with Gasteiger partial charge < -0.3 is 9.73 Å². The molecular formula is C30H30N4O4S.